The molecule has 0 amide bonds. The minimum absolute atomic E-state index is 0. The highest BCUT2D eigenvalue weighted by molar-refractivity contribution is 5.85. The van der Waals surface area contributed by atoms with Crippen LogP contribution >= 0.6 is 12.4 Å². The van der Waals surface area contributed by atoms with E-state index in [4.69, 9.17) is 0 Å². The zero-order chi connectivity index (χ0) is 6.10. The maximum atomic E-state index is 3.23. The van der Waals surface area contributed by atoms with E-state index in [1.54, 1.807) is 0 Å². The second-order valence-corrected chi connectivity index (χ2v) is 2.44. The molecule has 0 saturated carbocycles. The molecule has 3 heteroatoms. The summed E-state index contributed by atoms with van der Waals surface area (Å²) in [4.78, 5) is 0. The molecule has 10 heavy (non-hydrogen) atoms. The van der Waals surface area contributed by atoms with E-state index in [2.05, 4.69) is 34.4 Å². The fourth-order valence-electron chi connectivity index (χ4n) is 1.08. The molecule has 0 atom stereocenters. The Hall–Kier alpha value is -0.470. The maximum absolute atomic E-state index is 3.23. The Morgan fingerprint density at radius 3 is 2.20 bits per heavy atom. The monoisotopic (exact) mass is 158 g/mol. The van der Waals surface area contributed by atoms with E-state index in [0.29, 0.717) is 0 Å². The molecular weight excluding hydrogens is 148 g/mol. The molecule has 2 rings (SSSR count). The summed E-state index contributed by atoms with van der Waals surface area (Å²) in [5, 5.41) is 3.23. The fraction of sp³-hybridized carbons (Fsp3) is 0.429. The molecule has 1 aromatic heterocycles. The van der Waals surface area contributed by atoms with E-state index in [-0.39, 0.29) is 12.4 Å². The van der Waals surface area contributed by atoms with E-state index >= 15 is 0 Å². The van der Waals surface area contributed by atoms with Crippen molar-refractivity contribution in [2.75, 3.05) is 13.1 Å². The number of aromatic nitrogens is 1. The summed E-state index contributed by atoms with van der Waals surface area (Å²) >= 11 is 0. The average molecular weight is 159 g/mol. The molecule has 0 spiro atoms. The molecule has 2 nitrogen and oxygen atoms in total. The summed E-state index contributed by atoms with van der Waals surface area (Å²) in [5.41, 5.74) is 0. The van der Waals surface area contributed by atoms with Crippen LogP contribution in [0.2, 0.25) is 0 Å². The standard InChI is InChI=1S/C7H10N2.ClH/c1-2-4-9(3-1)7-5-8-6-7;/h1-4,7-8H,5-6H2;1H. The van der Waals surface area contributed by atoms with Crippen molar-refractivity contribution >= 4 is 12.4 Å². The highest BCUT2D eigenvalue weighted by Crippen LogP contribution is 2.10. The third kappa shape index (κ3) is 1.18. The molecule has 56 valence electrons. The number of halogens is 1. The van der Waals surface area contributed by atoms with Crippen LogP contribution in [0.25, 0.3) is 0 Å². The van der Waals surface area contributed by atoms with Crippen molar-refractivity contribution in [1.29, 1.82) is 0 Å². The third-order valence-corrected chi connectivity index (χ3v) is 1.81. The Balaban J connectivity index is 0.000000500. The van der Waals surface area contributed by atoms with Gasteiger partial charge in [-0.2, -0.15) is 0 Å². The summed E-state index contributed by atoms with van der Waals surface area (Å²) in [7, 11) is 0. The topological polar surface area (TPSA) is 17.0 Å². The van der Waals surface area contributed by atoms with Gasteiger partial charge in [0.05, 0.1) is 6.04 Å². The van der Waals surface area contributed by atoms with Gasteiger partial charge in [-0.05, 0) is 12.1 Å². The van der Waals surface area contributed by atoms with Crippen LogP contribution in [0.1, 0.15) is 6.04 Å². The predicted octanol–water partition coefficient (Wildman–Crippen LogP) is 1.05. The fourth-order valence-corrected chi connectivity index (χ4v) is 1.08. The Morgan fingerprint density at radius 1 is 1.20 bits per heavy atom. The molecule has 2 heterocycles. The van der Waals surface area contributed by atoms with Crippen LogP contribution in [0.5, 0.6) is 0 Å². The Kier molecular flexibility index (Phi) is 2.35. The van der Waals surface area contributed by atoms with Crippen molar-refractivity contribution in [2.45, 2.75) is 6.04 Å². The van der Waals surface area contributed by atoms with Gasteiger partial charge in [0.1, 0.15) is 0 Å². The first-order chi connectivity index (χ1) is 4.47. The summed E-state index contributed by atoms with van der Waals surface area (Å²) in [6.07, 6.45) is 4.23. The summed E-state index contributed by atoms with van der Waals surface area (Å²) in [5.74, 6) is 0. The normalized spacial score (nSPS) is 17.6. The quantitative estimate of drug-likeness (QED) is 0.647. The molecule has 1 aromatic rings. The average Bonchev–Trinajstić information content (AvgIpc) is 2.11. The van der Waals surface area contributed by atoms with Gasteiger partial charge in [-0.25, -0.2) is 0 Å². The number of nitrogens with one attached hydrogen (secondary N) is 1. The molecule has 0 aliphatic carbocycles. The zero-order valence-corrected chi connectivity index (χ0v) is 6.47. The van der Waals surface area contributed by atoms with E-state index in [0.717, 1.165) is 19.1 Å². The molecule has 0 radical (unpaired) electrons. The lowest BCUT2D eigenvalue weighted by Gasteiger charge is -2.28. The SMILES string of the molecule is Cl.c1ccn(C2CNC2)c1. The Labute approximate surface area is 66.6 Å². The van der Waals surface area contributed by atoms with E-state index in [1.165, 1.54) is 0 Å². The van der Waals surface area contributed by atoms with Gasteiger partial charge in [0.25, 0.3) is 0 Å². The van der Waals surface area contributed by atoms with Crippen LogP contribution in [0, 0.1) is 0 Å². The molecule has 1 aliphatic rings. The lowest BCUT2D eigenvalue weighted by molar-refractivity contribution is 0.344. The smallest absolute Gasteiger partial charge is 0.0579 e. The first-order valence-electron chi connectivity index (χ1n) is 3.30. The Bertz CT molecular complexity index is 179. The maximum Gasteiger partial charge on any atom is 0.0579 e. The summed E-state index contributed by atoms with van der Waals surface area (Å²) < 4.78 is 2.25. The lowest BCUT2D eigenvalue weighted by Crippen LogP contribution is -2.42. The van der Waals surface area contributed by atoms with Gasteiger partial charge in [-0.1, -0.05) is 0 Å². The highest BCUT2D eigenvalue weighted by atomic mass is 35.5. The van der Waals surface area contributed by atoms with Gasteiger partial charge < -0.3 is 9.88 Å². The van der Waals surface area contributed by atoms with E-state index in [9.17, 15) is 0 Å². The molecule has 1 fully saturated rings. The molecule has 0 aromatic carbocycles. The largest absolute Gasteiger partial charge is 0.349 e. The number of rotatable bonds is 1. The van der Waals surface area contributed by atoms with Crippen LogP contribution < -0.4 is 5.32 Å². The number of nitrogens with zero attached hydrogens (tertiary/aromatic N) is 1. The van der Waals surface area contributed by atoms with Crippen LogP contribution in [0.3, 0.4) is 0 Å². The predicted molar refractivity (Wildman–Crippen MR) is 43.6 cm³/mol. The Morgan fingerprint density at radius 2 is 1.80 bits per heavy atom. The van der Waals surface area contributed by atoms with Crippen molar-refractivity contribution in [3.8, 4) is 0 Å². The molecule has 1 N–H and O–H groups in total. The molecule has 0 unspecified atom stereocenters. The van der Waals surface area contributed by atoms with Crippen molar-refractivity contribution in [3.63, 3.8) is 0 Å². The minimum Gasteiger partial charge on any atom is -0.349 e. The molecule has 1 saturated heterocycles. The van der Waals surface area contributed by atoms with Gasteiger partial charge in [0.2, 0.25) is 0 Å². The highest BCUT2D eigenvalue weighted by Gasteiger charge is 2.16. The second kappa shape index (κ2) is 3.08. The number of hydrogen-bond acceptors (Lipinski definition) is 1. The molecule has 1 aliphatic heterocycles. The van der Waals surface area contributed by atoms with Gasteiger partial charge in [-0.3, -0.25) is 0 Å². The van der Waals surface area contributed by atoms with Crippen LogP contribution in [0.15, 0.2) is 24.5 Å². The first kappa shape index (κ1) is 7.63. The van der Waals surface area contributed by atoms with Crippen molar-refractivity contribution in [2.24, 2.45) is 0 Å². The van der Waals surface area contributed by atoms with Crippen LogP contribution in [-0.2, 0) is 0 Å². The van der Waals surface area contributed by atoms with E-state index < -0.39 is 0 Å². The lowest BCUT2D eigenvalue weighted by atomic mass is 10.2. The first-order valence-corrected chi connectivity index (χ1v) is 3.30. The second-order valence-electron chi connectivity index (χ2n) is 2.44. The van der Waals surface area contributed by atoms with Crippen molar-refractivity contribution in [1.82, 2.24) is 9.88 Å². The van der Waals surface area contributed by atoms with Crippen molar-refractivity contribution in [3.05, 3.63) is 24.5 Å². The van der Waals surface area contributed by atoms with E-state index in [1.807, 2.05) is 0 Å². The van der Waals surface area contributed by atoms with Gasteiger partial charge in [0, 0.05) is 25.5 Å². The third-order valence-electron chi connectivity index (χ3n) is 1.81. The van der Waals surface area contributed by atoms with Crippen molar-refractivity contribution < 1.29 is 0 Å². The summed E-state index contributed by atoms with van der Waals surface area (Å²) in [6.45, 7) is 2.27. The van der Waals surface area contributed by atoms with Crippen LogP contribution in [0.4, 0.5) is 0 Å². The summed E-state index contributed by atoms with van der Waals surface area (Å²) in [6, 6.07) is 4.86. The van der Waals surface area contributed by atoms with Gasteiger partial charge in [-0.15, -0.1) is 12.4 Å². The molecule has 0 bridgehead atoms. The van der Waals surface area contributed by atoms with Gasteiger partial charge >= 0.3 is 0 Å². The minimum atomic E-state index is 0. The van der Waals surface area contributed by atoms with Gasteiger partial charge in [0.15, 0.2) is 0 Å². The zero-order valence-electron chi connectivity index (χ0n) is 5.66. The molecular formula is C7H11ClN2. The van der Waals surface area contributed by atoms with Crippen LogP contribution in [-0.4, -0.2) is 17.7 Å². The number of hydrogen-bond donors (Lipinski definition) is 1.